The van der Waals surface area contributed by atoms with Crippen molar-refractivity contribution in [2.45, 2.75) is 16.8 Å². The maximum atomic E-state index is 12.6. The van der Waals surface area contributed by atoms with Crippen molar-refractivity contribution in [2.75, 3.05) is 5.73 Å². The van der Waals surface area contributed by atoms with Gasteiger partial charge in [-0.15, -0.1) is 0 Å². The predicted octanol–water partition coefficient (Wildman–Crippen LogP) is 5.31. The standard InChI is InChI=1S/C11H6Cl2F5N3S/c12-5-1-4(9(14)15)2-6(13)8(5)21-10(19)7(3-20-21)22-11(16,17)18/h1-3,9H,19H2. The highest BCUT2D eigenvalue weighted by atomic mass is 35.5. The number of rotatable bonds is 3. The zero-order valence-corrected chi connectivity index (χ0v) is 12.7. The molecule has 22 heavy (non-hydrogen) atoms. The Balaban J connectivity index is 2.50. The number of nitrogens with zero attached hydrogens (tertiary/aromatic N) is 2. The Bertz CT molecular complexity index is 679. The van der Waals surface area contributed by atoms with E-state index < -0.39 is 29.3 Å². The summed E-state index contributed by atoms with van der Waals surface area (Å²) in [6.45, 7) is 0. The van der Waals surface area contributed by atoms with Crippen LogP contribution in [-0.4, -0.2) is 15.3 Å². The van der Waals surface area contributed by atoms with Gasteiger partial charge in [-0.1, -0.05) is 23.2 Å². The van der Waals surface area contributed by atoms with E-state index in [4.69, 9.17) is 28.9 Å². The smallest absolute Gasteiger partial charge is 0.383 e. The summed E-state index contributed by atoms with van der Waals surface area (Å²) in [7, 11) is 0. The second kappa shape index (κ2) is 6.13. The number of hydrogen-bond donors (Lipinski definition) is 1. The highest BCUT2D eigenvalue weighted by Crippen LogP contribution is 2.41. The van der Waals surface area contributed by atoms with Crippen LogP contribution in [0.4, 0.5) is 27.8 Å². The van der Waals surface area contributed by atoms with Crippen molar-refractivity contribution in [3.05, 3.63) is 33.9 Å². The molecule has 0 aliphatic rings. The first kappa shape index (κ1) is 17.2. The molecule has 0 spiro atoms. The van der Waals surface area contributed by atoms with Crippen LogP contribution in [0.15, 0.2) is 23.2 Å². The van der Waals surface area contributed by atoms with Gasteiger partial charge < -0.3 is 5.73 Å². The normalized spacial score (nSPS) is 12.2. The minimum atomic E-state index is -4.55. The average molecular weight is 378 g/mol. The lowest BCUT2D eigenvalue weighted by Gasteiger charge is -2.12. The van der Waals surface area contributed by atoms with Gasteiger partial charge in [0.1, 0.15) is 11.5 Å². The molecule has 0 aliphatic heterocycles. The Morgan fingerprint density at radius 2 is 1.73 bits per heavy atom. The van der Waals surface area contributed by atoms with Crippen LogP contribution in [0.1, 0.15) is 12.0 Å². The maximum Gasteiger partial charge on any atom is 0.446 e. The van der Waals surface area contributed by atoms with Crippen molar-refractivity contribution in [1.29, 1.82) is 0 Å². The summed E-state index contributed by atoms with van der Waals surface area (Å²) in [5.41, 5.74) is 0.554. The van der Waals surface area contributed by atoms with E-state index in [1.165, 1.54) is 0 Å². The van der Waals surface area contributed by atoms with E-state index in [1.54, 1.807) is 0 Å². The van der Waals surface area contributed by atoms with Gasteiger partial charge in [0.15, 0.2) is 0 Å². The van der Waals surface area contributed by atoms with E-state index >= 15 is 0 Å². The number of nitrogens with two attached hydrogens (primary N) is 1. The third kappa shape index (κ3) is 3.58. The SMILES string of the molecule is Nc1c(SC(F)(F)F)cnn1-c1c(Cl)cc(C(F)F)cc1Cl. The number of alkyl halides is 5. The lowest BCUT2D eigenvalue weighted by atomic mass is 10.2. The molecule has 11 heteroatoms. The lowest BCUT2D eigenvalue weighted by Crippen LogP contribution is -2.06. The number of benzene rings is 1. The van der Waals surface area contributed by atoms with Crippen LogP contribution in [-0.2, 0) is 0 Å². The van der Waals surface area contributed by atoms with Crippen LogP contribution in [0.25, 0.3) is 5.69 Å². The molecule has 2 rings (SSSR count). The van der Waals surface area contributed by atoms with Gasteiger partial charge in [-0.3, -0.25) is 0 Å². The summed E-state index contributed by atoms with van der Waals surface area (Å²) < 4.78 is 63.2. The first-order valence-electron chi connectivity index (χ1n) is 5.47. The zero-order chi connectivity index (χ0) is 16.7. The molecule has 0 fully saturated rings. The second-order valence-corrected chi connectivity index (χ2v) is 5.91. The minimum Gasteiger partial charge on any atom is -0.383 e. The van der Waals surface area contributed by atoms with Gasteiger partial charge in [-0.05, 0) is 23.9 Å². The van der Waals surface area contributed by atoms with Crippen molar-refractivity contribution in [1.82, 2.24) is 9.78 Å². The molecule has 0 aliphatic carbocycles. The fourth-order valence-electron chi connectivity index (χ4n) is 1.64. The molecule has 0 radical (unpaired) electrons. The molecule has 1 heterocycles. The van der Waals surface area contributed by atoms with E-state index in [2.05, 4.69) is 5.10 Å². The van der Waals surface area contributed by atoms with Crippen LogP contribution >= 0.6 is 35.0 Å². The highest BCUT2D eigenvalue weighted by Gasteiger charge is 2.32. The Morgan fingerprint density at radius 3 is 2.18 bits per heavy atom. The Kier molecular flexibility index (Phi) is 4.78. The molecule has 0 saturated carbocycles. The van der Waals surface area contributed by atoms with Gasteiger partial charge in [-0.25, -0.2) is 13.5 Å². The molecule has 1 aromatic carbocycles. The van der Waals surface area contributed by atoms with Crippen LogP contribution < -0.4 is 5.73 Å². The molecule has 120 valence electrons. The van der Waals surface area contributed by atoms with Gasteiger partial charge in [0.05, 0.1) is 21.1 Å². The van der Waals surface area contributed by atoms with Crippen molar-refractivity contribution in [3.8, 4) is 5.69 Å². The van der Waals surface area contributed by atoms with Crippen molar-refractivity contribution in [2.24, 2.45) is 0 Å². The molecule has 0 amide bonds. The summed E-state index contributed by atoms with van der Waals surface area (Å²) >= 11 is 11.3. The molecule has 0 atom stereocenters. The Morgan fingerprint density at radius 1 is 1.18 bits per heavy atom. The van der Waals surface area contributed by atoms with Gasteiger partial charge in [0.25, 0.3) is 6.43 Å². The third-order valence-electron chi connectivity index (χ3n) is 2.50. The number of thioether (sulfide) groups is 1. The predicted molar refractivity (Wildman–Crippen MR) is 74.9 cm³/mol. The van der Waals surface area contributed by atoms with E-state index in [0.717, 1.165) is 23.0 Å². The molecule has 0 saturated heterocycles. The monoisotopic (exact) mass is 377 g/mol. The van der Waals surface area contributed by atoms with E-state index in [0.29, 0.717) is 0 Å². The second-order valence-electron chi connectivity index (χ2n) is 3.99. The number of anilines is 1. The first-order chi connectivity index (χ1) is 10.1. The Labute approximate surface area is 135 Å². The molecule has 3 nitrogen and oxygen atoms in total. The number of hydrogen-bond acceptors (Lipinski definition) is 3. The number of aromatic nitrogens is 2. The van der Waals surface area contributed by atoms with Gasteiger partial charge >= 0.3 is 5.51 Å². The molecule has 1 aromatic heterocycles. The fraction of sp³-hybridized carbons (Fsp3) is 0.182. The van der Waals surface area contributed by atoms with Crippen LogP contribution in [0.3, 0.4) is 0 Å². The van der Waals surface area contributed by atoms with Crippen LogP contribution in [0, 0.1) is 0 Å². The lowest BCUT2D eigenvalue weighted by molar-refractivity contribution is -0.0328. The fourth-order valence-corrected chi connectivity index (χ4v) is 2.84. The summed E-state index contributed by atoms with van der Waals surface area (Å²) in [4.78, 5) is -0.349. The summed E-state index contributed by atoms with van der Waals surface area (Å²) in [5.74, 6) is -0.351. The van der Waals surface area contributed by atoms with E-state index in [9.17, 15) is 22.0 Å². The van der Waals surface area contributed by atoms with Crippen molar-refractivity contribution < 1.29 is 22.0 Å². The molecule has 2 N–H and O–H groups in total. The average Bonchev–Trinajstić information content (AvgIpc) is 2.69. The highest BCUT2D eigenvalue weighted by molar-refractivity contribution is 8.00. The third-order valence-corrected chi connectivity index (χ3v) is 3.84. The Hall–Kier alpha value is -1.19. The number of halogens is 7. The van der Waals surface area contributed by atoms with Crippen molar-refractivity contribution in [3.63, 3.8) is 0 Å². The van der Waals surface area contributed by atoms with Crippen LogP contribution in [0.5, 0.6) is 0 Å². The summed E-state index contributed by atoms with van der Waals surface area (Å²) in [6.07, 6.45) is -1.91. The molecule has 2 aromatic rings. The van der Waals surface area contributed by atoms with E-state index in [-0.39, 0.29) is 26.4 Å². The van der Waals surface area contributed by atoms with Gasteiger partial charge in [0.2, 0.25) is 0 Å². The van der Waals surface area contributed by atoms with Gasteiger partial charge in [0, 0.05) is 5.56 Å². The van der Waals surface area contributed by atoms with Crippen molar-refractivity contribution >= 4 is 40.8 Å². The largest absolute Gasteiger partial charge is 0.446 e. The van der Waals surface area contributed by atoms with E-state index in [1.807, 2.05) is 0 Å². The number of nitrogen functional groups attached to an aromatic ring is 1. The quantitative estimate of drug-likeness (QED) is 0.582. The summed E-state index contributed by atoms with van der Waals surface area (Å²) in [5, 5.41) is 3.27. The summed E-state index contributed by atoms with van der Waals surface area (Å²) in [6, 6.07) is 1.90. The molecule has 0 unspecified atom stereocenters. The minimum absolute atomic E-state index is 0.0701. The first-order valence-corrected chi connectivity index (χ1v) is 7.04. The molecular weight excluding hydrogens is 372 g/mol. The molecule has 0 bridgehead atoms. The zero-order valence-electron chi connectivity index (χ0n) is 10.3. The molecular formula is C11H6Cl2F5N3S. The topological polar surface area (TPSA) is 43.8 Å². The maximum absolute atomic E-state index is 12.6. The van der Waals surface area contributed by atoms with Gasteiger partial charge in [-0.2, -0.15) is 18.3 Å². The van der Waals surface area contributed by atoms with Crippen LogP contribution in [0.2, 0.25) is 10.0 Å².